The van der Waals surface area contributed by atoms with Crippen molar-refractivity contribution in [2.24, 2.45) is 11.8 Å². The Morgan fingerprint density at radius 2 is 1.65 bits per heavy atom. The Morgan fingerprint density at radius 3 is 2.31 bits per heavy atom. The SMILES string of the molecule is Cl.O=C(CC1CC2CCC(C1)N2)N1CCC(CN2CCCCC2=O)CC1. The van der Waals surface area contributed by atoms with E-state index in [4.69, 9.17) is 0 Å². The largest absolute Gasteiger partial charge is 0.343 e. The summed E-state index contributed by atoms with van der Waals surface area (Å²) in [6.45, 7) is 3.64. The molecule has 6 heteroatoms. The van der Waals surface area contributed by atoms with Gasteiger partial charge in [-0.3, -0.25) is 9.59 Å². The lowest BCUT2D eigenvalue weighted by molar-refractivity contribution is -0.136. The van der Waals surface area contributed by atoms with Crippen molar-refractivity contribution < 1.29 is 9.59 Å². The number of halogens is 1. The third-order valence-electron chi connectivity index (χ3n) is 6.90. The summed E-state index contributed by atoms with van der Waals surface area (Å²) in [5.74, 6) is 1.89. The minimum atomic E-state index is 0. The minimum Gasteiger partial charge on any atom is -0.343 e. The molecule has 4 heterocycles. The van der Waals surface area contributed by atoms with Crippen LogP contribution < -0.4 is 5.32 Å². The summed E-state index contributed by atoms with van der Waals surface area (Å²) < 4.78 is 0. The molecule has 2 atom stereocenters. The highest BCUT2D eigenvalue weighted by molar-refractivity contribution is 5.85. The fourth-order valence-corrected chi connectivity index (χ4v) is 5.45. The van der Waals surface area contributed by atoms with Gasteiger partial charge in [0.2, 0.25) is 11.8 Å². The zero-order chi connectivity index (χ0) is 17.2. The Kier molecular flexibility index (Phi) is 6.84. The van der Waals surface area contributed by atoms with E-state index < -0.39 is 0 Å². The summed E-state index contributed by atoms with van der Waals surface area (Å²) in [6, 6.07) is 1.34. The van der Waals surface area contributed by atoms with Gasteiger partial charge in [0.15, 0.2) is 0 Å². The first-order valence-corrected chi connectivity index (χ1v) is 10.5. The van der Waals surface area contributed by atoms with Crippen molar-refractivity contribution in [3.05, 3.63) is 0 Å². The molecule has 2 bridgehead atoms. The molecule has 2 unspecified atom stereocenters. The Hall–Kier alpha value is -0.810. The Morgan fingerprint density at radius 1 is 0.962 bits per heavy atom. The van der Waals surface area contributed by atoms with Crippen LogP contribution in [0.25, 0.3) is 0 Å². The number of fused-ring (bicyclic) bond motifs is 2. The van der Waals surface area contributed by atoms with Crippen molar-refractivity contribution in [3.8, 4) is 0 Å². The quantitative estimate of drug-likeness (QED) is 0.811. The second kappa shape index (κ2) is 8.92. The summed E-state index contributed by atoms with van der Waals surface area (Å²) in [5, 5.41) is 3.66. The van der Waals surface area contributed by atoms with E-state index in [9.17, 15) is 9.59 Å². The number of carbonyl (C=O) groups excluding carboxylic acids is 2. The van der Waals surface area contributed by atoms with Crippen LogP contribution in [0.4, 0.5) is 0 Å². The third-order valence-corrected chi connectivity index (χ3v) is 6.90. The van der Waals surface area contributed by atoms with Gasteiger partial charge in [-0.1, -0.05) is 0 Å². The number of likely N-dealkylation sites (tertiary alicyclic amines) is 2. The van der Waals surface area contributed by atoms with Crippen molar-refractivity contribution >= 4 is 24.2 Å². The van der Waals surface area contributed by atoms with E-state index in [-0.39, 0.29) is 12.4 Å². The van der Waals surface area contributed by atoms with Gasteiger partial charge in [-0.25, -0.2) is 0 Å². The predicted molar refractivity (Wildman–Crippen MR) is 104 cm³/mol. The van der Waals surface area contributed by atoms with Crippen LogP contribution >= 0.6 is 12.4 Å². The van der Waals surface area contributed by atoms with Gasteiger partial charge in [0.1, 0.15) is 0 Å². The molecule has 1 N–H and O–H groups in total. The van der Waals surface area contributed by atoms with E-state index in [0.29, 0.717) is 35.7 Å². The average Bonchev–Trinajstić information content (AvgIpc) is 2.96. The second-order valence-corrected chi connectivity index (χ2v) is 8.80. The monoisotopic (exact) mass is 383 g/mol. The lowest BCUT2D eigenvalue weighted by Gasteiger charge is -2.37. The van der Waals surface area contributed by atoms with Crippen LogP contribution in [0, 0.1) is 11.8 Å². The molecule has 0 aliphatic carbocycles. The molecule has 4 aliphatic rings. The van der Waals surface area contributed by atoms with Crippen molar-refractivity contribution in [1.82, 2.24) is 15.1 Å². The van der Waals surface area contributed by atoms with Gasteiger partial charge in [0.05, 0.1) is 0 Å². The molecule has 4 saturated heterocycles. The van der Waals surface area contributed by atoms with Crippen molar-refractivity contribution in [2.45, 2.75) is 76.3 Å². The van der Waals surface area contributed by atoms with Gasteiger partial charge < -0.3 is 15.1 Å². The molecule has 0 aromatic heterocycles. The van der Waals surface area contributed by atoms with E-state index in [0.717, 1.165) is 64.7 Å². The highest BCUT2D eigenvalue weighted by Crippen LogP contribution is 2.33. The fraction of sp³-hybridized carbons (Fsp3) is 0.900. The molecule has 0 spiro atoms. The van der Waals surface area contributed by atoms with Crippen LogP contribution in [0.2, 0.25) is 0 Å². The van der Waals surface area contributed by atoms with E-state index in [1.807, 2.05) is 0 Å². The van der Waals surface area contributed by atoms with Gasteiger partial charge in [-0.2, -0.15) is 0 Å². The standard InChI is InChI=1S/C20H33N3O2.ClH/c24-19-3-1-2-8-23(19)14-15-6-9-22(10-7-15)20(25)13-16-11-17-4-5-18(12-16)21-17;/h15-18,21H,1-14H2;1H. The lowest BCUT2D eigenvalue weighted by Crippen LogP contribution is -2.45. The molecule has 0 aromatic carbocycles. The molecule has 0 saturated carbocycles. The molecule has 0 aromatic rings. The molecule has 4 fully saturated rings. The normalized spacial score (nSPS) is 32.5. The second-order valence-electron chi connectivity index (χ2n) is 8.80. The summed E-state index contributed by atoms with van der Waals surface area (Å²) in [4.78, 5) is 28.8. The maximum Gasteiger partial charge on any atom is 0.222 e. The van der Waals surface area contributed by atoms with Crippen molar-refractivity contribution in [1.29, 1.82) is 0 Å². The Balaban J connectivity index is 0.00000196. The average molecular weight is 384 g/mol. The number of hydrogen-bond acceptors (Lipinski definition) is 3. The number of nitrogens with zero attached hydrogens (tertiary/aromatic N) is 2. The van der Waals surface area contributed by atoms with Crippen molar-refractivity contribution in [3.63, 3.8) is 0 Å². The van der Waals surface area contributed by atoms with Gasteiger partial charge in [0.25, 0.3) is 0 Å². The van der Waals surface area contributed by atoms with Crippen LogP contribution in [0.15, 0.2) is 0 Å². The highest BCUT2D eigenvalue weighted by Gasteiger charge is 2.35. The number of rotatable bonds is 4. The van der Waals surface area contributed by atoms with Crippen LogP contribution in [-0.4, -0.2) is 59.9 Å². The Bertz CT molecular complexity index is 495. The molecule has 5 nitrogen and oxygen atoms in total. The number of nitrogens with one attached hydrogen (secondary N) is 1. The van der Waals surface area contributed by atoms with Gasteiger partial charge >= 0.3 is 0 Å². The maximum absolute atomic E-state index is 12.7. The van der Waals surface area contributed by atoms with E-state index in [2.05, 4.69) is 15.1 Å². The number of amides is 2. The summed E-state index contributed by atoms with van der Waals surface area (Å²) >= 11 is 0. The lowest BCUT2D eigenvalue weighted by atomic mass is 9.88. The molecule has 0 radical (unpaired) electrons. The van der Waals surface area contributed by atoms with E-state index >= 15 is 0 Å². The first kappa shape index (κ1) is 19.9. The van der Waals surface area contributed by atoms with E-state index in [1.54, 1.807) is 0 Å². The first-order chi connectivity index (χ1) is 12.2. The number of hydrogen-bond donors (Lipinski definition) is 1. The van der Waals surface area contributed by atoms with Gasteiger partial charge in [-0.15, -0.1) is 12.4 Å². The molecule has 26 heavy (non-hydrogen) atoms. The fourth-order valence-electron chi connectivity index (χ4n) is 5.45. The topological polar surface area (TPSA) is 52.7 Å². The van der Waals surface area contributed by atoms with Crippen LogP contribution in [0.3, 0.4) is 0 Å². The number of carbonyl (C=O) groups is 2. The van der Waals surface area contributed by atoms with Crippen LogP contribution in [-0.2, 0) is 9.59 Å². The minimum absolute atomic E-state index is 0. The zero-order valence-corrected chi connectivity index (χ0v) is 16.6. The van der Waals surface area contributed by atoms with Crippen molar-refractivity contribution in [2.75, 3.05) is 26.2 Å². The summed E-state index contributed by atoms with van der Waals surface area (Å²) in [6.07, 6.45) is 10.8. The molecular formula is C20H34ClN3O2. The van der Waals surface area contributed by atoms with Gasteiger partial charge in [-0.05, 0) is 63.2 Å². The van der Waals surface area contributed by atoms with E-state index in [1.165, 1.54) is 25.7 Å². The summed E-state index contributed by atoms with van der Waals surface area (Å²) in [7, 11) is 0. The smallest absolute Gasteiger partial charge is 0.222 e. The predicted octanol–water partition coefficient (Wildman–Crippen LogP) is 2.58. The van der Waals surface area contributed by atoms with Crippen LogP contribution in [0.5, 0.6) is 0 Å². The zero-order valence-electron chi connectivity index (χ0n) is 15.8. The summed E-state index contributed by atoms with van der Waals surface area (Å²) in [5.41, 5.74) is 0. The highest BCUT2D eigenvalue weighted by atomic mass is 35.5. The molecule has 148 valence electrons. The number of piperidine rings is 3. The molecule has 4 aliphatic heterocycles. The molecule has 4 rings (SSSR count). The third kappa shape index (κ3) is 4.72. The molecular weight excluding hydrogens is 350 g/mol. The maximum atomic E-state index is 12.7. The first-order valence-electron chi connectivity index (χ1n) is 10.5. The molecule has 2 amide bonds. The Labute approximate surface area is 163 Å². The van der Waals surface area contributed by atoms with Gasteiger partial charge in [0, 0.05) is 51.1 Å². The van der Waals surface area contributed by atoms with Crippen LogP contribution in [0.1, 0.15) is 64.2 Å².